The molecule has 3 aromatic rings. The molecule has 0 aliphatic heterocycles. The van der Waals surface area contributed by atoms with E-state index in [1.54, 1.807) is 6.07 Å². The van der Waals surface area contributed by atoms with E-state index in [-0.39, 0.29) is 5.56 Å². The molecule has 4 heteroatoms. The van der Waals surface area contributed by atoms with Gasteiger partial charge in [-0.3, -0.25) is 14.3 Å². The number of rotatable bonds is 1. The molecule has 1 heterocycles. The Morgan fingerprint density at radius 1 is 1.05 bits per heavy atom. The van der Waals surface area contributed by atoms with Crippen molar-refractivity contribution in [3.05, 3.63) is 69.2 Å². The Kier molecular flexibility index (Phi) is 2.80. The smallest absolute Gasteiger partial charge is 0.259 e. The van der Waals surface area contributed by atoms with Crippen LogP contribution in [0.3, 0.4) is 0 Å². The van der Waals surface area contributed by atoms with E-state index in [2.05, 4.69) is 4.98 Å². The van der Waals surface area contributed by atoms with Crippen LogP contribution in [0.2, 0.25) is 0 Å². The second kappa shape index (κ2) is 4.48. The van der Waals surface area contributed by atoms with Gasteiger partial charge in [-0.15, -0.1) is 0 Å². The van der Waals surface area contributed by atoms with Crippen LogP contribution in [0.25, 0.3) is 16.6 Å². The van der Waals surface area contributed by atoms with Gasteiger partial charge in [0.1, 0.15) is 0 Å². The van der Waals surface area contributed by atoms with Gasteiger partial charge in [0.05, 0.1) is 10.9 Å². The van der Waals surface area contributed by atoms with Crippen LogP contribution in [0.1, 0.15) is 5.56 Å². The first-order valence-electron chi connectivity index (χ1n) is 5.98. The number of para-hydroxylation sites is 1. The molecule has 0 amide bonds. The number of hydrogen-bond donors (Lipinski definition) is 1. The maximum atomic E-state index is 11.9. The lowest BCUT2D eigenvalue weighted by Crippen LogP contribution is -2.13. The fraction of sp³-hybridized carbons (Fsp3) is 0.0667. The maximum Gasteiger partial charge on any atom is 0.259 e. The number of aromatic nitrogens is 2. The molecule has 0 unspecified atom stereocenters. The molecule has 1 N–H and O–H groups in total. The minimum Gasteiger partial charge on any atom is -0.298 e. The fourth-order valence-corrected chi connectivity index (χ4v) is 2.44. The number of aromatic amines is 1. The lowest BCUT2D eigenvalue weighted by Gasteiger charge is -2.11. The van der Waals surface area contributed by atoms with Crippen LogP contribution in [0.4, 0.5) is 0 Å². The molecule has 3 nitrogen and oxygen atoms in total. The van der Waals surface area contributed by atoms with Crippen molar-refractivity contribution in [2.75, 3.05) is 0 Å². The molecule has 0 aliphatic carbocycles. The topological polar surface area (TPSA) is 37.8 Å². The molecule has 0 atom stereocenters. The molecule has 1 aromatic heterocycles. The number of benzene rings is 2. The Hall–Kier alpha value is -2.20. The summed E-state index contributed by atoms with van der Waals surface area (Å²) in [5.41, 5.74) is 2.80. The summed E-state index contributed by atoms with van der Waals surface area (Å²) >= 11 is 5.29. The lowest BCUT2D eigenvalue weighted by molar-refractivity contribution is 0.988. The van der Waals surface area contributed by atoms with Crippen LogP contribution in [0.5, 0.6) is 0 Å². The van der Waals surface area contributed by atoms with Gasteiger partial charge in [-0.1, -0.05) is 29.8 Å². The van der Waals surface area contributed by atoms with Crippen molar-refractivity contribution in [2.45, 2.75) is 6.92 Å². The molecule has 2 aromatic carbocycles. The molecule has 0 fully saturated rings. The van der Waals surface area contributed by atoms with E-state index in [1.807, 2.05) is 54.0 Å². The minimum absolute atomic E-state index is 0.149. The van der Waals surface area contributed by atoms with Crippen LogP contribution >= 0.6 is 12.2 Å². The monoisotopic (exact) mass is 268 g/mol. The Balaban J connectivity index is 2.44. The SMILES string of the molecule is Cc1ccc(-n2c(=S)[nH]c(=O)c3ccccc32)cc1. The average molecular weight is 268 g/mol. The number of nitrogens with one attached hydrogen (secondary N) is 1. The second-order valence-electron chi connectivity index (χ2n) is 4.45. The zero-order valence-corrected chi connectivity index (χ0v) is 11.2. The Morgan fingerprint density at radius 2 is 1.74 bits per heavy atom. The lowest BCUT2D eigenvalue weighted by atomic mass is 10.2. The van der Waals surface area contributed by atoms with E-state index >= 15 is 0 Å². The molecule has 0 saturated carbocycles. The summed E-state index contributed by atoms with van der Waals surface area (Å²) in [6.07, 6.45) is 0. The van der Waals surface area contributed by atoms with E-state index in [0.717, 1.165) is 11.2 Å². The van der Waals surface area contributed by atoms with Gasteiger partial charge in [-0.25, -0.2) is 0 Å². The first kappa shape index (κ1) is 11.9. The molecule has 0 radical (unpaired) electrons. The van der Waals surface area contributed by atoms with Crippen molar-refractivity contribution in [3.8, 4) is 5.69 Å². The third kappa shape index (κ3) is 2.00. The number of aryl methyl sites for hydroxylation is 1. The summed E-state index contributed by atoms with van der Waals surface area (Å²) in [7, 11) is 0. The number of fused-ring (bicyclic) bond motifs is 1. The first-order chi connectivity index (χ1) is 9.16. The van der Waals surface area contributed by atoms with E-state index < -0.39 is 0 Å². The van der Waals surface area contributed by atoms with Crippen LogP contribution in [-0.4, -0.2) is 9.55 Å². The maximum absolute atomic E-state index is 11.9. The largest absolute Gasteiger partial charge is 0.298 e. The zero-order valence-electron chi connectivity index (χ0n) is 10.4. The van der Waals surface area contributed by atoms with Gasteiger partial charge in [-0.05, 0) is 43.4 Å². The van der Waals surface area contributed by atoms with Crippen molar-refractivity contribution in [2.24, 2.45) is 0 Å². The van der Waals surface area contributed by atoms with Gasteiger partial charge < -0.3 is 0 Å². The highest BCUT2D eigenvalue weighted by atomic mass is 32.1. The van der Waals surface area contributed by atoms with Crippen LogP contribution in [0, 0.1) is 11.7 Å². The number of H-pyrrole nitrogens is 1. The van der Waals surface area contributed by atoms with Crippen LogP contribution < -0.4 is 5.56 Å². The molecule has 19 heavy (non-hydrogen) atoms. The quantitative estimate of drug-likeness (QED) is 0.687. The third-order valence-electron chi connectivity index (χ3n) is 3.11. The van der Waals surface area contributed by atoms with Gasteiger partial charge in [0.15, 0.2) is 4.77 Å². The summed E-state index contributed by atoms with van der Waals surface area (Å²) in [6, 6.07) is 15.5. The predicted octanol–water partition coefficient (Wildman–Crippen LogP) is 3.36. The average Bonchev–Trinajstić information content (AvgIpc) is 2.41. The highest BCUT2D eigenvalue weighted by Gasteiger charge is 2.06. The molecular weight excluding hydrogens is 256 g/mol. The Labute approximate surface area is 115 Å². The molecule has 94 valence electrons. The Bertz CT molecular complexity index is 860. The Morgan fingerprint density at radius 3 is 2.47 bits per heavy atom. The van der Waals surface area contributed by atoms with Crippen molar-refractivity contribution in [3.63, 3.8) is 0 Å². The van der Waals surface area contributed by atoms with Crippen LogP contribution in [0.15, 0.2) is 53.3 Å². The van der Waals surface area contributed by atoms with E-state index in [0.29, 0.717) is 10.2 Å². The van der Waals surface area contributed by atoms with Gasteiger partial charge >= 0.3 is 0 Å². The summed E-state index contributed by atoms with van der Waals surface area (Å²) < 4.78 is 2.29. The van der Waals surface area contributed by atoms with Gasteiger partial charge in [-0.2, -0.15) is 0 Å². The van der Waals surface area contributed by atoms with Gasteiger partial charge in [0, 0.05) is 5.69 Å². The summed E-state index contributed by atoms with van der Waals surface area (Å²) in [6.45, 7) is 2.04. The van der Waals surface area contributed by atoms with Crippen LogP contribution in [-0.2, 0) is 0 Å². The summed E-state index contributed by atoms with van der Waals surface area (Å²) in [4.78, 5) is 14.6. The fourth-order valence-electron chi connectivity index (χ4n) is 2.14. The van der Waals surface area contributed by atoms with Crippen molar-refractivity contribution >= 4 is 23.1 Å². The second-order valence-corrected chi connectivity index (χ2v) is 4.83. The highest BCUT2D eigenvalue weighted by molar-refractivity contribution is 7.71. The standard InChI is InChI=1S/C15H12N2OS/c1-10-6-8-11(9-7-10)17-13-5-3-2-4-12(13)14(18)16-15(17)19/h2-9H,1H3,(H,16,18,19). The molecule has 0 spiro atoms. The molecule has 3 rings (SSSR count). The van der Waals surface area contributed by atoms with Gasteiger partial charge in [0.2, 0.25) is 0 Å². The molecule has 0 saturated heterocycles. The summed E-state index contributed by atoms with van der Waals surface area (Å²) in [5, 5.41) is 0.636. The van der Waals surface area contributed by atoms with E-state index in [4.69, 9.17) is 12.2 Å². The highest BCUT2D eigenvalue weighted by Crippen LogP contribution is 2.16. The zero-order chi connectivity index (χ0) is 13.4. The normalized spacial score (nSPS) is 10.8. The molecule has 0 bridgehead atoms. The van der Waals surface area contributed by atoms with E-state index in [9.17, 15) is 4.79 Å². The van der Waals surface area contributed by atoms with Crippen molar-refractivity contribution in [1.82, 2.24) is 9.55 Å². The number of hydrogen-bond acceptors (Lipinski definition) is 2. The van der Waals surface area contributed by atoms with Crippen molar-refractivity contribution in [1.29, 1.82) is 0 Å². The summed E-state index contributed by atoms with van der Waals surface area (Å²) in [5.74, 6) is 0. The predicted molar refractivity (Wildman–Crippen MR) is 79.5 cm³/mol. The molecular formula is C15H12N2OS. The van der Waals surface area contributed by atoms with E-state index in [1.165, 1.54) is 5.56 Å². The molecule has 0 aliphatic rings. The van der Waals surface area contributed by atoms with Gasteiger partial charge in [0.25, 0.3) is 5.56 Å². The number of nitrogens with zero attached hydrogens (tertiary/aromatic N) is 1. The minimum atomic E-state index is -0.149. The van der Waals surface area contributed by atoms with Crippen molar-refractivity contribution < 1.29 is 0 Å². The first-order valence-corrected chi connectivity index (χ1v) is 6.39. The third-order valence-corrected chi connectivity index (χ3v) is 3.39.